The van der Waals surface area contributed by atoms with Crippen LogP contribution in [0.3, 0.4) is 0 Å². The van der Waals surface area contributed by atoms with Gasteiger partial charge in [-0.1, -0.05) is 18.7 Å². The van der Waals surface area contributed by atoms with Crippen LogP contribution in [-0.2, 0) is 24.7 Å². The van der Waals surface area contributed by atoms with Gasteiger partial charge in [-0.2, -0.15) is 0 Å². The van der Waals surface area contributed by atoms with Crippen molar-refractivity contribution in [2.24, 2.45) is 18.7 Å². The topological polar surface area (TPSA) is 103 Å². The smallest absolute Gasteiger partial charge is 0.251 e. The van der Waals surface area contributed by atoms with Crippen LogP contribution in [0.1, 0.15) is 40.0 Å². The average Bonchev–Trinajstić information content (AvgIpc) is 3.05. The summed E-state index contributed by atoms with van der Waals surface area (Å²) in [6, 6.07) is 0. The SMILES string of the molecule is Cc1nnc(SCC(=O)Nc2sc3c(c2C(N)=O)CCC(C)C3)n1C. The van der Waals surface area contributed by atoms with E-state index in [0.29, 0.717) is 21.6 Å². The van der Waals surface area contributed by atoms with Crippen LogP contribution in [-0.4, -0.2) is 32.3 Å². The van der Waals surface area contributed by atoms with Crippen molar-refractivity contribution in [3.8, 4) is 0 Å². The Balaban J connectivity index is 1.72. The van der Waals surface area contributed by atoms with Gasteiger partial charge in [0.1, 0.15) is 10.8 Å². The third kappa shape index (κ3) is 3.72. The van der Waals surface area contributed by atoms with Crippen molar-refractivity contribution in [2.75, 3.05) is 11.1 Å². The Kier molecular flexibility index (Phi) is 5.14. The highest BCUT2D eigenvalue weighted by molar-refractivity contribution is 7.99. The van der Waals surface area contributed by atoms with E-state index in [2.05, 4.69) is 22.4 Å². The molecule has 2 heterocycles. The average molecular weight is 380 g/mol. The van der Waals surface area contributed by atoms with Crippen molar-refractivity contribution < 1.29 is 9.59 Å². The minimum Gasteiger partial charge on any atom is -0.365 e. The Hall–Kier alpha value is -1.87. The van der Waals surface area contributed by atoms with Gasteiger partial charge in [0, 0.05) is 11.9 Å². The van der Waals surface area contributed by atoms with E-state index in [1.165, 1.54) is 28.0 Å². The van der Waals surface area contributed by atoms with Gasteiger partial charge in [0.05, 0.1) is 11.3 Å². The van der Waals surface area contributed by atoms with Crippen LogP contribution in [0.2, 0.25) is 0 Å². The van der Waals surface area contributed by atoms with Crippen molar-refractivity contribution in [2.45, 2.75) is 38.3 Å². The number of nitrogens with zero attached hydrogens (tertiary/aromatic N) is 3. The van der Waals surface area contributed by atoms with Crippen molar-refractivity contribution in [1.82, 2.24) is 14.8 Å². The number of primary amides is 1. The van der Waals surface area contributed by atoms with Gasteiger partial charge in [-0.05, 0) is 37.7 Å². The van der Waals surface area contributed by atoms with E-state index in [9.17, 15) is 9.59 Å². The maximum absolute atomic E-state index is 12.3. The van der Waals surface area contributed by atoms with Gasteiger partial charge in [-0.25, -0.2) is 0 Å². The van der Waals surface area contributed by atoms with Crippen molar-refractivity contribution in [3.63, 3.8) is 0 Å². The van der Waals surface area contributed by atoms with Gasteiger partial charge in [0.2, 0.25) is 5.91 Å². The molecule has 2 aromatic heterocycles. The Labute approximate surface area is 154 Å². The largest absolute Gasteiger partial charge is 0.365 e. The first-order valence-electron chi connectivity index (χ1n) is 8.09. The van der Waals surface area contributed by atoms with Crippen LogP contribution >= 0.6 is 23.1 Å². The van der Waals surface area contributed by atoms with Gasteiger partial charge >= 0.3 is 0 Å². The molecule has 0 spiro atoms. The van der Waals surface area contributed by atoms with Crippen molar-refractivity contribution in [3.05, 3.63) is 21.8 Å². The Bertz CT molecular complexity index is 827. The molecule has 25 heavy (non-hydrogen) atoms. The molecule has 0 bridgehead atoms. The molecule has 2 aromatic rings. The van der Waals surface area contributed by atoms with Crippen molar-refractivity contribution in [1.29, 1.82) is 0 Å². The maximum Gasteiger partial charge on any atom is 0.251 e. The van der Waals surface area contributed by atoms with Crippen LogP contribution in [0, 0.1) is 12.8 Å². The van der Waals surface area contributed by atoms with Crippen molar-refractivity contribution >= 4 is 39.9 Å². The number of anilines is 1. The predicted molar refractivity (Wildman–Crippen MR) is 99.1 cm³/mol. The lowest BCUT2D eigenvalue weighted by molar-refractivity contribution is -0.113. The van der Waals surface area contributed by atoms with Gasteiger partial charge < -0.3 is 15.6 Å². The number of rotatable bonds is 5. The number of nitrogens with one attached hydrogen (secondary N) is 1. The summed E-state index contributed by atoms with van der Waals surface area (Å²) in [6.07, 6.45) is 2.82. The lowest BCUT2D eigenvalue weighted by Gasteiger charge is -2.18. The molecule has 1 aliphatic rings. The molecule has 3 N–H and O–H groups in total. The minimum absolute atomic E-state index is 0.181. The lowest BCUT2D eigenvalue weighted by atomic mass is 9.88. The summed E-state index contributed by atoms with van der Waals surface area (Å²) >= 11 is 2.79. The maximum atomic E-state index is 12.3. The molecule has 0 fully saturated rings. The molecule has 0 aliphatic heterocycles. The summed E-state index contributed by atoms with van der Waals surface area (Å²) in [6.45, 7) is 4.05. The van der Waals surface area contributed by atoms with Gasteiger partial charge in [-0.3, -0.25) is 9.59 Å². The first-order chi connectivity index (χ1) is 11.9. The minimum atomic E-state index is -0.473. The van der Waals surface area contributed by atoms with Gasteiger partial charge in [-0.15, -0.1) is 21.5 Å². The quantitative estimate of drug-likeness (QED) is 0.775. The molecule has 3 rings (SSSR count). The van der Waals surface area contributed by atoms with Crippen LogP contribution in [0.5, 0.6) is 0 Å². The number of hydrogen-bond acceptors (Lipinski definition) is 6. The third-order valence-electron chi connectivity index (χ3n) is 4.40. The van der Waals surface area contributed by atoms with E-state index >= 15 is 0 Å². The standard InChI is InChI=1S/C16H21N5O2S2/c1-8-4-5-10-11(6-8)25-15(13(10)14(17)23)18-12(22)7-24-16-20-19-9(2)21(16)3/h8H,4-7H2,1-3H3,(H2,17,23)(H,18,22). The summed E-state index contributed by atoms with van der Waals surface area (Å²) in [5.74, 6) is 0.922. The van der Waals surface area contributed by atoms with E-state index in [-0.39, 0.29) is 11.7 Å². The molecule has 0 saturated carbocycles. The van der Waals surface area contributed by atoms with Crippen LogP contribution in [0.15, 0.2) is 5.16 Å². The summed E-state index contributed by atoms with van der Waals surface area (Å²) in [5.41, 5.74) is 7.07. The molecular formula is C16H21N5O2S2. The number of nitrogens with two attached hydrogens (primary N) is 1. The van der Waals surface area contributed by atoms with Crippen LogP contribution < -0.4 is 11.1 Å². The second-order valence-corrected chi connectivity index (χ2v) is 8.39. The highest BCUT2D eigenvalue weighted by atomic mass is 32.2. The van der Waals surface area contributed by atoms with E-state index < -0.39 is 5.91 Å². The second kappa shape index (κ2) is 7.17. The molecule has 0 saturated heterocycles. The number of aryl methyl sites for hydroxylation is 1. The number of hydrogen-bond donors (Lipinski definition) is 2. The molecule has 0 radical (unpaired) electrons. The molecule has 134 valence electrons. The number of amides is 2. The fourth-order valence-electron chi connectivity index (χ4n) is 2.91. The number of thioether (sulfide) groups is 1. The molecule has 1 aliphatic carbocycles. The second-order valence-electron chi connectivity index (χ2n) is 6.35. The number of carbonyl (C=O) groups excluding carboxylic acids is 2. The summed E-state index contributed by atoms with van der Waals surface area (Å²) in [4.78, 5) is 25.4. The fourth-order valence-corrected chi connectivity index (χ4v) is 5.09. The first kappa shape index (κ1) is 17.9. The van der Waals surface area contributed by atoms with Crippen LogP contribution in [0.25, 0.3) is 0 Å². The molecule has 2 amide bonds. The lowest BCUT2D eigenvalue weighted by Crippen LogP contribution is -2.20. The molecule has 7 nitrogen and oxygen atoms in total. The molecule has 0 aromatic carbocycles. The molecular weight excluding hydrogens is 358 g/mol. The Morgan fingerprint density at radius 1 is 1.44 bits per heavy atom. The zero-order chi connectivity index (χ0) is 18.1. The van der Waals surface area contributed by atoms with Crippen LogP contribution in [0.4, 0.5) is 5.00 Å². The highest BCUT2D eigenvalue weighted by Gasteiger charge is 2.27. The molecule has 1 atom stereocenters. The third-order valence-corrected chi connectivity index (χ3v) is 6.59. The number of fused-ring (bicyclic) bond motifs is 1. The molecule has 1 unspecified atom stereocenters. The number of thiophene rings is 1. The Morgan fingerprint density at radius 3 is 2.84 bits per heavy atom. The Morgan fingerprint density at radius 2 is 2.20 bits per heavy atom. The van der Waals surface area contributed by atoms with E-state index in [1.807, 2.05) is 18.5 Å². The summed E-state index contributed by atoms with van der Waals surface area (Å²) in [7, 11) is 1.86. The summed E-state index contributed by atoms with van der Waals surface area (Å²) < 4.78 is 1.83. The number of aromatic nitrogens is 3. The zero-order valence-electron chi connectivity index (χ0n) is 14.5. The van der Waals surface area contributed by atoms with E-state index in [0.717, 1.165) is 30.7 Å². The molecule has 9 heteroatoms. The van der Waals surface area contributed by atoms with E-state index in [1.54, 1.807) is 0 Å². The predicted octanol–water partition coefficient (Wildman–Crippen LogP) is 2.14. The fraction of sp³-hybridized carbons (Fsp3) is 0.500. The first-order valence-corrected chi connectivity index (χ1v) is 9.90. The van der Waals surface area contributed by atoms with Gasteiger partial charge in [0.25, 0.3) is 5.91 Å². The highest BCUT2D eigenvalue weighted by Crippen LogP contribution is 2.39. The monoisotopic (exact) mass is 379 g/mol. The summed E-state index contributed by atoms with van der Waals surface area (Å²) in [5, 5.41) is 12.1. The van der Waals surface area contributed by atoms with Gasteiger partial charge in [0.15, 0.2) is 5.16 Å². The zero-order valence-corrected chi connectivity index (χ0v) is 16.1. The normalized spacial score (nSPS) is 16.5. The van der Waals surface area contributed by atoms with E-state index in [4.69, 9.17) is 5.73 Å². The number of carbonyl (C=O) groups is 2.